The van der Waals surface area contributed by atoms with Crippen LogP contribution in [0.3, 0.4) is 0 Å². The minimum atomic E-state index is -3.84. The number of anilines is 2. The quantitative estimate of drug-likeness (QED) is 0.508. The van der Waals surface area contributed by atoms with Crippen LogP contribution in [0.4, 0.5) is 11.5 Å². The van der Waals surface area contributed by atoms with Gasteiger partial charge < -0.3 is 9.73 Å². The molecule has 0 radical (unpaired) electrons. The lowest BCUT2D eigenvalue weighted by Crippen LogP contribution is -2.16. The highest BCUT2D eigenvalue weighted by atomic mass is 32.2. The number of furan rings is 1. The number of hydrogen-bond donors (Lipinski definition) is 2. The minimum Gasteiger partial charge on any atom is -0.459 e. The van der Waals surface area contributed by atoms with Crippen LogP contribution in [-0.2, 0) is 10.0 Å². The van der Waals surface area contributed by atoms with Gasteiger partial charge in [-0.15, -0.1) is 0 Å². The molecule has 0 fully saturated rings. The third-order valence-corrected chi connectivity index (χ3v) is 5.42. The number of nitrogens with one attached hydrogen (secondary N) is 2. The van der Waals surface area contributed by atoms with Crippen molar-refractivity contribution in [3.05, 3.63) is 91.0 Å². The number of amides is 1. The van der Waals surface area contributed by atoms with Crippen molar-refractivity contribution >= 4 is 27.4 Å². The maximum Gasteiger partial charge on any atom is 0.291 e. The number of sulfonamides is 1. The first-order valence-corrected chi connectivity index (χ1v) is 10.1. The summed E-state index contributed by atoms with van der Waals surface area (Å²) in [6, 6.07) is 19.7. The number of rotatable bonds is 6. The highest BCUT2D eigenvalue weighted by Gasteiger charge is 2.17. The van der Waals surface area contributed by atoms with E-state index in [0.717, 1.165) is 5.69 Å². The van der Waals surface area contributed by atoms with Gasteiger partial charge in [-0.1, -0.05) is 18.2 Å². The molecular weight excluding hydrogens is 392 g/mol. The Bertz CT molecular complexity index is 1220. The van der Waals surface area contributed by atoms with Gasteiger partial charge in [0.15, 0.2) is 5.76 Å². The smallest absolute Gasteiger partial charge is 0.291 e. The summed E-state index contributed by atoms with van der Waals surface area (Å²) in [6.07, 6.45) is 2.91. The number of para-hydroxylation sites is 1. The van der Waals surface area contributed by atoms with Crippen molar-refractivity contribution in [2.75, 3.05) is 10.0 Å². The number of carbonyl (C=O) groups excluding carboxylic acids is 1. The summed E-state index contributed by atoms with van der Waals surface area (Å²) in [6.45, 7) is 0. The van der Waals surface area contributed by atoms with E-state index in [9.17, 15) is 13.2 Å². The molecule has 9 heteroatoms. The standard InChI is InChI=1S/C20H16N4O4S/c25-20(18-7-4-14-28-18)22-15-8-10-17(11-9-15)29(26,27)23-19-12-13-21-24(19)16-5-2-1-3-6-16/h1-14,23H,(H,22,25). The number of carbonyl (C=O) groups is 1. The highest BCUT2D eigenvalue weighted by Crippen LogP contribution is 2.21. The maximum absolute atomic E-state index is 12.7. The molecule has 0 atom stereocenters. The second kappa shape index (κ2) is 7.64. The lowest BCUT2D eigenvalue weighted by Gasteiger charge is -2.11. The van der Waals surface area contributed by atoms with E-state index >= 15 is 0 Å². The van der Waals surface area contributed by atoms with Crippen molar-refractivity contribution in [2.24, 2.45) is 0 Å². The summed E-state index contributed by atoms with van der Waals surface area (Å²) in [5.41, 5.74) is 1.17. The van der Waals surface area contributed by atoms with Crippen molar-refractivity contribution in [3.63, 3.8) is 0 Å². The lowest BCUT2D eigenvalue weighted by molar-refractivity contribution is 0.0996. The van der Waals surface area contributed by atoms with Crippen LogP contribution in [0.2, 0.25) is 0 Å². The van der Waals surface area contributed by atoms with Gasteiger partial charge in [-0.25, -0.2) is 13.1 Å². The van der Waals surface area contributed by atoms with Crippen molar-refractivity contribution in [3.8, 4) is 5.69 Å². The van der Waals surface area contributed by atoms with Crippen molar-refractivity contribution in [2.45, 2.75) is 4.90 Å². The third-order valence-electron chi connectivity index (χ3n) is 4.05. The van der Waals surface area contributed by atoms with Crippen LogP contribution in [0.25, 0.3) is 5.69 Å². The number of nitrogens with zero attached hydrogens (tertiary/aromatic N) is 2. The predicted molar refractivity (Wildman–Crippen MR) is 107 cm³/mol. The molecule has 29 heavy (non-hydrogen) atoms. The van der Waals surface area contributed by atoms with Gasteiger partial charge in [0.05, 0.1) is 23.0 Å². The molecule has 2 aromatic heterocycles. The number of benzene rings is 2. The molecule has 2 N–H and O–H groups in total. The molecule has 146 valence electrons. The van der Waals surface area contributed by atoms with E-state index in [1.807, 2.05) is 30.3 Å². The topological polar surface area (TPSA) is 106 Å². The molecule has 4 aromatic rings. The molecule has 0 aliphatic rings. The van der Waals surface area contributed by atoms with Gasteiger partial charge in [-0.2, -0.15) is 5.10 Å². The number of hydrogen-bond acceptors (Lipinski definition) is 5. The van der Waals surface area contributed by atoms with Crippen molar-refractivity contribution < 1.29 is 17.6 Å². The van der Waals surface area contributed by atoms with Crippen LogP contribution in [0.5, 0.6) is 0 Å². The molecule has 2 aromatic carbocycles. The van der Waals surface area contributed by atoms with Gasteiger partial charge in [0.2, 0.25) is 0 Å². The molecule has 1 amide bonds. The van der Waals surface area contributed by atoms with Gasteiger partial charge in [0, 0.05) is 11.8 Å². The van der Waals surface area contributed by atoms with Gasteiger partial charge in [-0.05, 0) is 48.5 Å². The van der Waals surface area contributed by atoms with Crippen molar-refractivity contribution in [1.29, 1.82) is 0 Å². The molecule has 0 unspecified atom stereocenters. The fourth-order valence-electron chi connectivity index (χ4n) is 2.67. The highest BCUT2D eigenvalue weighted by molar-refractivity contribution is 7.92. The van der Waals surface area contributed by atoms with Gasteiger partial charge in [0.25, 0.3) is 15.9 Å². The zero-order valence-corrected chi connectivity index (χ0v) is 15.8. The molecule has 0 aliphatic heterocycles. The molecule has 2 heterocycles. The Kier molecular flexibility index (Phi) is 4.88. The monoisotopic (exact) mass is 408 g/mol. The Labute approximate surface area is 166 Å². The van der Waals surface area contributed by atoms with E-state index in [2.05, 4.69) is 15.1 Å². The first-order chi connectivity index (χ1) is 14.0. The summed E-state index contributed by atoms with van der Waals surface area (Å²) in [5, 5.41) is 6.81. The van der Waals surface area contributed by atoms with E-state index < -0.39 is 15.9 Å². The maximum atomic E-state index is 12.7. The largest absolute Gasteiger partial charge is 0.459 e. The zero-order chi connectivity index (χ0) is 20.3. The SMILES string of the molecule is O=C(Nc1ccc(S(=O)(=O)Nc2ccnn2-c2ccccc2)cc1)c1ccco1. The molecule has 0 aliphatic carbocycles. The Morgan fingerprint density at radius 2 is 1.69 bits per heavy atom. The second-order valence-electron chi connectivity index (χ2n) is 6.03. The van der Waals surface area contributed by atoms with Crippen LogP contribution >= 0.6 is 0 Å². The normalized spacial score (nSPS) is 11.2. The van der Waals surface area contributed by atoms with E-state index in [-0.39, 0.29) is 10.7 Å². The summed E-state index contributed by atoms with van der Waals surface area (Å²) in [4.78, 5) is 12.0. The first kappa shape index (κ1) is 18.5. The fourth-order valence-corrected chi connectivity index (χ4v) is 3.71. The number of aromatic nitrogens is 2. The lowest BCUT2D eigenvalue weighted by atomic mass is 10.3. The van der Waals surface area contributed by atoms with Crippen LogP contribution in [0, 0.1) is 0 Å². The van der Waals surface area contributed by atoms with Gasteiger partial charge >= 0.3 is 0 Å². The average molecular weight is 408 g/mol. The summed E-state index contributed by atoms with van der Waals surface area (Å²) in [7, 11) is -3.84. The van der Waals surface area contributed by atoms with Gasteiger partial charge in [-0.3, -0.25) is 9.52 Å². The molecule has 0 saturated carbocycles. The third kappa shape index (κ3) is 4.04. The van der Waals surface area contributed by atoms with E-state index in [4.69, 9.17) is 4.42 Å². The molecule has 0 bridgehead atoms. The summed E-state index contributed by atoms with van der Waals surface area (Å²) < 4.78 is 34.6. The Morgan fingerprint density at radius 3 is 2.38 bits per heavy atom. The van der Waals surface area contributed by atoms with E-state index in [1.54, 1.807) is 12.1 Å². The Balaban J connectivity index is 1.51. The van der Waals surface area contributed by atoms with E-state index in [0.29, 0.717) is 11.5 Å². The summed E-state index contributed by atoms with van der Waals surface area (Å²) >= 11 is 0. The van der Waals surface area contributed by atoms with Crippen LogP contribution in [-0.4, -0.2) is 24.1 Å². The van der Waals surface area contributed by atoms with Crippen molar-refractivity contribution in [1.82, 2.24) is 9.78 Å². The first-order valence-electron chi connectivity index (χ1n) is 8.60. The Hall–Kier alpha value is -3.85. The van der Waals surface area contributed by atoms with Crippen LogP contribution < -0.4 is 10.0 Å². The fraction of sp³-hybridized carbons (Fsp3) is 0. The van der Waals surface area contributed by atoms with Crippen LogP contribution in [0.15, 0.2) is 94.6 Å². The minimum absolute atomic E-state index is 0.0503. The Morgan fingerprint density at radius 1 is 0.931 bits per heavy atom. The predicted octanol–water partition coefficient (Wildman–Crippen LogP) is 3.52. The zero-order valence-electron chi connectivity index (χ0n) is 15.0. The van der Waals surface area contributed by atoms with E-state index in [1.165, 1.54) is 47.5 Å². The molecule has 0 spiro atoms. The molecule has 4 rings (SSSR count). The summed E-state index contributed by atoms with van der Waals surface area (Å²) in [5.74, 6) is 0.0550. The molecule has 0 saturated heterocycles. The van der Waals surface area contributed by atoms with Crippen LogP contribution in [0.1, 0.15) is 10.6 Å². The average Bonchev–Trinajstić information content (AvgIpc) is 3.41. The van der Waals surface area contributed by atoms with Gasteiger partial charge in [0.1, 0.15) is 5.82 Å². The molecular formula is C20H16N4O4S. The second-order valence-corrected chi connectivity index (χ2v) is 7.71. The molecule has 8 nitrogen and oxygen atoms in total.